The summed E-state index contributed by atoms with van der Waals surface area (Å²) in [5.74, 6) is 0. The van der Waals surface area contributed by atoms with E-state index in [2.05, 4.69) is 35.5 Å². The van der Waals surface area contributed by atoms with Crippen molar-refractivity contribution in [2.75, 3.05) is 0 Å². The summed E-state index contributed by atoms with van der Waals surface area (Å²) in [7, 11) is 0. The smallest absolute Gasteiger partial charge is 0.222 e. The molecule has 0 saturated heterocycles. The van der Waals surface area contributed by atoms with Crippen LogP contribution in [0.25, 0.3) is 5.70 Å². The second kappa shape index (κ2) is 5.61. The number of allylic oxidation sites excluding steroid dienone is 1. The van der Waals surface area contributed by atoms with E-state index in [1.807, 2.05) is 17.6 Å². The zero-order valence-corrected chi connectivity index (χ0v) is 10.4. The zero-order valence-electron chi connectivity index (χ0n) is 9.68. The van der Waals surface area contributed by atoms with Crippen LogP contribution in [0.1, 0.15) is 32.5 Å². The van der Waals surface area contributed by atoms with Gasteiger partial charge in [0.25, 0.3) is 0 Å². The van der Waals surface area contributed by atoms with Crippen molar-refractivity contribution >= 4 is 29.3 Å². The minimum atomic E-state index is 0.129. The lowest BCUT2D eigenvalue weighted by atomic mass is 10.3. The minimum Gasteiger partial charge on any atom is -0.327 e. The molecule has 0 aromatic carbocycles. The first kappa shape index (κ1) is 12.6. The van der Waals surface area contributed by atoms with Gasteiger partial charge in [-0.1, -0.05) is 6.08 Å². The summed E-state index contributed by atoms with van der Waals surface area (Å²) in [6.07, 6.45) is 5.39. The molecule has 1 heterocycles. The Bertz CT molecular complexity index is 429. The van der Waals surface area contributed by atoms with Crippen LogP contribution in [0.4, 0.5) is 0 Å². The summed E-state index contributed by atoms with van der Waals surface area (Å²) in [5, 5.41) is 0.129. The molecule has 4 nitrogen and oxygen atoms in total. The van der Waals surface area contributed by atoms with Crippen LogP contribution >= 0.6 is 11.6 Å². The summed E-state index contributed by atoms with van der Waals surface area (Å²) >= 11 is 5.74. The number of halogens is 1. The van der Waals surface area contributed by atoms with E-state index >= 15 is 0 Å². The number of hydrogen-bond acceptors (Lipinski definition) is 2. The van der Waals surface area contributed by atoms with Crippen molar-refractivity contribution in [2.24, 2.45) is 9.98 Å². The highest BCUT2D eigenvalue weighted by Crippen LogP contribution is 2.20. The van der Waals surface area contributed by atoms with Gasteiger partial charge in [0.15, 0.2) is 0 Å². The Morgan fingerprint density at radius 3 is 2.81 bits per heavy atom. The number of imidazole rings is 1. The summed E-state index contributed by atoms with van der Waals surface area (Å²) < 4.78 is 2.02. The Morgan fingerprint density at radius 1 is 1.62 bits per heavy atom. The molecule has 86 valence electrons. The molecule has 0 amide bonds. The van der Waals surface area contributed by atoms with E-state index in [-0.39, 0.29) is 5.29 Å². The molecule has 1 rings (SSSR count). The lowest BCUT2D eigenvalue weighted by Crippen LogP contribution is -2.03. The van der Waals surface area contributed by atoms with Crippen molar-refractivity contribution in [2.45, 2.75) is 26.8 Å². The third kappa shape index (κ3) is 2.79. The fraction of sp³-hybridized carbons (Fsp3) is 0.364. The Hall–Kier alpha value is -1.42. The lowest BCUT2D eigenvalue weighted by molar-refractivity contribution is 0.593. The quantitative estimate of drug-likeness (QED) is 0.453. The minimum absolute atomic E-state index is 0.129. The molecule has 0 spiro atoms. The first-order chi connectivity index (χ1) is 7.60. The van der Waals surface area contributed by atoms with Crippen LogP contribution in [0.15, 0.2) is 28.6 Å². The van der Waals surface area contributed by atoms with E-state index in [4.69, 9.17) is 11.6 Å². The average molecular weight is 239 g/mol. The third-order valence-corrected chi connectivity index (χ3v) is 2.31. The van der Waals surface area contributed by atoms with E-state index < -0.39 is 0 Å². The van der Waals surface area contributed by atoms with E-state index in [1.54, 1.807) is 12.5 Å². The number of hydrogen-bond donors (Lipinski definition) is 0. The van der Waals surface area contributed by atoms with E-state index in [1.165, 1.54) is 0 Å². The van der Waals surface area contributed by atoms with Gasteiger partial charge >= 0.3 is 0 Å². The second-order valence-corrected chi connectivity index (χ2v) is 3.83. The normalized spacial score (nSPS) is 13.3. The summed E-state index contributed by atoms with van der Waals surface area (Å²) in [6.45, 7) is 9.37. The highest BCUT2D eigenvalue weighted by Gasteiger charge is 2.09. The van der Waals surface area contributed by atoms with E-state index in [9.17, 15) is 0 Å². The van der Waals surface area contributed by atoms with Crippen molar-refractivity contribution in [3.8, 4) is 0 Å². The number of nitrogens with zero attached hydrogens (tertiary/aromatic N) is 4. The maximum Gasteiger partial charge on any atom is 0.222 e. The van der Waals surface area contributed by atoms with Gasteiger partial charge in [-0.3, -0.25) is 0 Å². The molecular formula is C11H15ClN4. The van der Waals surface area contributed by atoms with Gasteiger partial charge in [-0.25, -0.2) is 15.0 Å². The maximum absolute atomic E-state index is 5.74. The van der Waals surface area contributed by atoms with Gasteiger partial charge in [-0.15, -0.1) is 0 Å². The molecule has 16 heavy (non-hydrogen) atoms. The molecule has 0 radical (unpaired) electrons. The number of aliphatic imine (C=N–C) groups is 2. The van der Waals surface area contributed by atoms with Crippen molar-refractivity contribution in [1.29, 1.82) is 0 Å². The molecule has 0 N–H and O–H groups in total. The Kier molecular flexibility index (Phi) is 4.43. The highest BCUT2D eigenvalue weighted by molar-refractivity contribution is 6.65. The summed E-state index contributed by atoms with van der Waals surface area (Å²) in [4.78, 5) is 11.8. The Morgan fingerprint density at radius 2 is 2.31 bits per heavy atom. The first-order valence-corrected chi connectivity index (χ1v) is 5.37. The first-order valence-electron chi connectivity index (χ1n) is 4.99. The monoisotopic (exact) mass is 238 g/mol. The van der Waals surface area contributed by atoms with Crippen LogP contribution in [0.3, 0.4) is 0 Å². The number of amidine groups is 1. The topological polar surface area (TPSA) is 42.5 Å². The van der Waals surface area contributed by atoms with Crippen LogP contribution in [0, 0.1) is 0 Å². The van der Waals surface area contributed by atoms with Gasteiger partial charge in [0, 0.05) is 6.04 Å². The van der Waals surface area contributed by atoms with Crippen molar-refractivity contribution in [1.82, 2.24) is 9.55 Å². The van der Waals surface area contributed by atoms with Crippen LogP contribution in [0.5, 0.6) is 0 Å². The maximum atomic E-state index is 5.74. The molecule has 0 bridgehead atoms. The van der Waals surface area contributed by atoms with Crippen molar-refractivity contribution < 1.29 is 0 Å². The molecule has 0 aliphatic rings. The lowest BCUT2D eigenvalue weighted by Gasteiger charge is -2.11. The standard InChI is InChI=1S/C11H15ClN4/c1-5-9(15-11(12)13-4)10-6-14-7-16(10)8(2)3/h5-8H,4H2,1-3H3/b9-5-,15-11-. The van der Waals surface area contributed by atoms with Gasteiger partial charge in [0.2, 0.25) is 5.29 Å². The Balaban J connectivity index is 3.15. The average Bonchev–Trinajstić information content (AvgIpc) is 2.74. The molecule has 0 saturated carbocycles. The second-order valence-electron chi connectivity index (χ2n) is 3.49. The molecule has 1 aromatic heterocycles. The van der Waals surface area contributed by atoms with Crippen LogP contribution in [-0.2, 0) is 0 Å². The SMILES string of the molecule is C=N/C(Cl)=N\C(=C/C)c1cncn1C(C)C. The van der Waals surface area contributed by atoms with Gasteiger partial charge in [0.1, 0.15) is 0 Å². The third-order valence-electron chi connectivity index (χ3n) is 2.10. The fourth-order valence-corrected chi connectivity index (χ4v) is 1.41. The van der Waals surface area contributed by atoms with Crippen LogP contribution in [-0.4, -0.2) is 21.6 Å². The van der Waals surface area contributed by atoms with Gasteiger partial charge in [-0.05, 0) is 39.1 Å². The van der Waals surface area contributed by atoms with Crippen molar-refractivity contribution in [3.63, 3.8) is 0 Å². The molecule has 0 unspecified atom stereocenters. The fourth-order valence-electron chi connectivity index (χ4n) is 1.32. The predicted octanol–water partition coefficient (Wildman–Crippen LogP) is 3.12. The number of rotatable bonds is 3. The molecule has 0 atom stereocenters. The molecule has 0 aliphatic carbocycles. The van der Waals surface area contributed by atoms with E-state index in [0.29, 0.717) is 6.04 Å². The van der Waals surface area contributed by atoms with Gasteiger partial charge < -0.3 is 4.57 Å². The van der Waals surface area contributed by atoms with Gasteiger partial charge in [0.05, 0.1) is 23.9 Å². The molecule has 5 heteroatoms. The van der Waals surface area contributed by atoms with Gasteiger partial charge in [-0.2, -0.15) is 0 Å². The Labute approximate surface area is 100 Å². The summed E-state index contributed by atoms with van der Waals surface area (Å²) in [5.41, 5.74) is 1.66. The highest BCUT2D eigenvalue weighted by atomic mass is 35.5. The molecule has 1 aromatic rings. The molecule has 0 aliphatic heterocycles. The summed E-state index contributed by atoms with van der Waals surface area (Å²) in [6, 6.07) is 0.318. The van der Waals surface area contributed by atoms with Crippen molar-refractivity contribution in [3.05, 3.63) is 24.3 Å². The molecule has 0 fully saturated rings. The van der Waals surface area contributed by atoms with Crippen LogP contribution in [0.2, 0.25) is 0 Å². The largest absolute Gasteiger partial charge is 0.327 e. The predicted molar refractivity (Wildman–Crippen MR) is 69.1 cm³/mol. The van der Waals surface area contributed by atoms with Crippen LogP contribution < -0.4 is 0 Å². The molecular weight excluding hydrogens is 224 g/mol. The zero-order chi connectivity index (χ0) is 12.1. The van der Waals surface area contributed by atoms with E-state index in [0.717, 1.165) is 11.4 Å². The number of aromatic nitrogens is 2.